The van der Waals surface area contributed by atoms with Gasteiger partial charge >= 0.3 is 0 Å². The maximum Gasteiger partial charge on any atom is 0.266 e. The molecular weight excluding hydrogens is 389 g/mol. The number of carbonyl (C=O) groups excluding carboxylic acids is 1. The van der Waals surface area contributed by atoms with Crippen LogP contribution in [0.25, 0.3) is 0 Å². The molecule has 1 fully saturated rings. The number of piperazine rings is 1. The highest BCUT2D eigenvalue weighted by Crippen LogP contribution is 2.27. The number of amides is 1. The summed E-state index contributed by atoms with van der Waals surface area (Å²) in [6.45, 7) is 6.86. The van der Waals surface area contributed by atoms with Crippen LogP contribution in [-0.2, 0) is 0 Å². The minimum absolute atomic E-state index is 0.00340. The van der Waals surface area contributed by atoms with Crippen LogP contribution in [-0.4, -0.2) is 47.0 Å². The topological polar surface area (TPSA) is 61.4 Å². The lowest BCUT2D eigenvalue weighted by Gasteiger charge is -2.36. The van der Waals surface area contributed by atoms with Gasteiger partial charge in [-0.05, 0) is 38.1 Å². The lowest BCUT2D eigenvalue weighted by Crippen LogP contribution is -2.48. The molecule has 1 saturated heterocycles. The lowest BCUT2D eigenvalue weighted by molar-refractivity contribution is 0.0750. The van der Waals surface area contributed by atoms with Crippen molar-refractivity contribution < 1.29 is 9.18 Å². The largest absolute Gasteiger partial charge is 0.368 e. The highest BCUT2D eigenvalue weighted by atomic mass is 32.1. The van der Waals surface area contributed by atoms with E-state index < -0.39 is 5.82 Å². The van der Waals surface area contributed by atoms with E-state index in [0.29, 0.717) is 34.6 Å². The van der Waals surface area contributed by atoms with E-state index in [1.54, 1.807) is 0 Å². The standard InChI is InChI=1S/C21H22FN5OS/c1-14-3-6-17(7-4-14)26-9-11-27(12-10-26)20(28)19-15(2)24-21(29-19)25-18-8-5-16(22)13-23-18/h3-8,13H,9-12H2,1-2H3,(H,23,24,25). The molecule has 0 saturated carbocycles. The zero-order valence-electron chi connectivity index (χ0n) is 16.4. The number of pyridine rings is 1. The number of rotatable bonds is 4. The number of anilines is 3. The number of hydrogen-bond acceptors (Lipinski definition) is 6. The van der Waals surface area contributed by atoms with Gasteiger partial charge in [-0.3, -0.25) is 4.79 Å². The summed E-state index contributed by atoms with van der Waals surface area (Å²) in [7, 11) is 0. The Kier molecular flexibility index (Phi) is 5.44. The van der Waals surface area contributed by atoms with Gasteiger partial charge in [0.25, 0.3) is 5.91 Å². The molecule has 3 aromatic rings. The molecule has 1 aliphatic rings. The third-order valence-electron chi connectivity index (χ3n) is 4.92. The number of aryl methyl sites for hydroxylation is 2. The summed E-state index contributed by atoms with van der Waals surface area (Å²) in [4.78, 5) is 26.2. The highest BCUT2D eigenvalue weighted by molar-refractivity contribution is 7.17. The normalized spacial score (nSPS) is 14.2. The predicted molar refractivity (Wildman–Crippen MR) is 114 cm³/mol. The van der Waals surface area contributed by atoms with Gasteiger partial charge < -0.3 is 15.1 Å². The number of nitrogens with zero attached hydrogens (tertiary/aromatic N) is 4. The van der Waals surface area contributed by atoms with Crippen molar-refractivity contribution in [1.29, 1.82) is 0 Å². The van der Waals surface area contributed by atoms with E-state index in [1.807, 2.05) is 11.8 Å². The zero-order chi connectivity index (χ0) is 20.4. The summed E-state index contributed by atoms with van der Waals surface area (Å²) in [5.41, 5.74) is 3.11. The Bertz CT molecular complexity index is 995. The summed E-state index contributed by atoms with van der Waals surface area (Å²) in [6.07, 6.45) is 1.14. The van der Waals surface area contributed by atoms with E-state index in [9.17, 15) is 9.18 Å². The molecule has 0 unspecified atom stereocenters. The number of hydrogen-bond donors (Lipinski definition) is 1. The van der Waals surface area contributed by atoms with Crippen LogP contribution in [0.15, 0.2) is 42.6 Å². The fourth-order valence-corrected chi connectivity index (χ4v) is 4.22. The molecule has 0 bridgehead atoms. The summed E-state index contributed by atoms with van der Waals surface area (Å²) < 4.78 is 13.0. The second-order valence-corrected chi connectivity index (χ2v) is 8.03. The van der Waals surface area contributed by atoms with Crippen molar-refractivity contribution in [2.75, 3.05) is 36.4 Å². The molecule has 1 N–H and O–H groups in total. The number of nitrogens with one attached hydrogen (secondary N) is 1. The Morgan fingerprint density at radius 1 is 1.07 bits per heavy atom. The second kappa shape index (κ2) is 8.16. The fraction of sp³-hybridized carbons (Fsp3) is 0.286. The van der Waals surface area contributed by atoms with Gasteiger partial charge in [-0.2, -0.15) is 0 Å². The molecule has 6 nitrogen and oxygen atoms in total. The Morgan fingerprint density at radius 3 is 2.45 bits per heavy atom. The molecular formula is C21H22FN5OS. The van der Waals surface area contributed by atoms with Crippen molar-refractivity contribution in [2.24, 2.45) is 0 Å². The third kappa shape index (κ3) is 4.37. The Balaban J connectivity index is 1.40. The van der Waals surface area contributed by atoms with Crippen molar-refractivity contribution in [3.63, 3.8) is 0 Å². The van der Waals surface area contributed by atoms with Gasteiger partial charge in [0.1, 0.15) is 16.5 Å². The molecule has 1 aromatic carbocycles. The van der Waals surface area contributed by atoms with Crippen LogP contribution >= 0.6 is 11.3 Å². The number of thiazole rings is 1. The fourth-order valence-electron chi connectivity index (χ4n) is 3.27. The van der Waals surface area contributed by atoms with Crippen molar-refractivity contribution in [3.05, 3.63) is 64.5 Å². The van der Waals surface area contributed by atoms with E-state index >= 15 is 0 Å². The quantitative estimate of drug-likeness (QED) is 0.703. The first-order valence-electron chi connectivity index (χ1n) is 9.46. The van der Waals surface area contributed by atoms with Crippen molar-refractivity contribution in [3.8, 4) is 0 Å². The van der Waals surface area contributed by atoms with Crippen LogP contribution in [0.5, 0.6) is 0 Å². The van der Waals surface area contributed by atoms with Gasteiger partial charge in [-0.25, -0.2) is 14.4 Å². The van der Waals surface area contributed by atoms with E-state index in [4.69, 9.17) is 0 Å². The van der Waals surface area contributed by atoms with Gasteiger partial charge in [0.05, 0.1) is 11.9 Å². The van der Waals surface area contributed by atoms with Crippen LogP contribution in [0.2, 0.25) is 0 Å². The van der Waals surface area contributed by atoms with E-state index in [0.717, 1.165) is 19.3 Å². The molecule has 3 heterocycles. The molecule has 0 atom stereocenters. The average Bonchev–Trinajstić information content (AvgIpc) is 3.10. The third-order valence-corrected chi connectivity index (χ3v) is 5.98. The first kappa shape index (κ1) is 19.3. The minimum atomic E-state index is -0.397. The molecule has 4 rings (SSSR count). The van der Waals surface area contributed by atoms with Gasteiger partial charge in [0.2, 0.25) is 0 Å². The molecule has 2 aromatic heterocycles. The second-order valence-electron chi connectivity index (χ2n) is 7.04. The molecule has 8 heteroatoms. The minimum Gasteiger partial charge on any atom is -0.368 e. The zero-order valence-corrected chi connectivity index (χ0v) is 17.2. The van der Waals surface area contributed by atoms with Crippen molar-refractivity contribution >= 4 is 33.9 Å². The van der Waals surface area contributed by atoms with Gasteiger partial charge in [-0.15, -0.1) is 0 Å². The molecule has 150 valence electrons. The number of benzene rings is 1. The number of halogens is 1. The van der Waals surface area contributed by atoms with Gasteiger partial charge in [0, 0.05) is 31.9 Å². The van der Waals surface area contributed by atoms with Gasteiger partial charge in [0.15, 0.2) is 5.13 Å². The first-order chi connectivity index (χ1) is 14.0. The maximum absolute atomic E-state index is 13.0. The summed E-state index contributed by atoms with van der Waals surface area (Å²) >= 11 is 1.30. The molecule has 29 heavy (non-hydrogen) atoms. The molecule has 1 aliphatic heterocycles. The van der Waals surface area contributed by atoms with Crippen LogP contribution in [0.1, 0.15) is 20.9 Å². The molecule has 1 amide bonds. The highest BCUT2D eigenvalue weighted by Gasteiger charge is 2.25. The van der Waals surface area contributed by atoms with E-state index in [2.05, 4.69) is 51.4 Å². The lowest BCUT2D eigenvalue weighted by atomic mass is 10.2. The van der Waals surface area contributed by atoms with Crippen molar-refractivity contribution in [1.82, 2.24) is 14.9 Å². The van der Waals surface area contributed by atoms with E-state index in [1.165, 1.54) is 34.7 Å². The average molecular weight is 412 g/mol. The SMILES string of the molecule is Cc1ccc(N2CCN(C(=O)c3sc(Nc4ccc(F)cn4)nc3C)CC2)cc1. The van der Waals surface area contributed by atoms with Crippen LogP contribution in [0.4, 0.5) is 21.0 Å². The van der Waals surface area contributed by atoms with Crippen LogP contribution in [0, 0.1) is 19.7 Å². The first-order valence-corrected chi connectivity index (χ1v) is 10.3. The Hall–Kier alpha value is -3.00. The van der Waals surface area contributed by atoms with Crippen molar-refractivity contribution in [2.45, 2.75) is 13.8 Å². The number of carbonyl (C=O) groups is 1. The Morgan fingerprint density at radius 2 is 1.79 bits per heavy atom. The molecule has 0 radical (unpaired) electrons. The van der Waals surface area contributed by atoms with Gasteiger partial charge in [-0.1, -0.05) is 29.0 Å². The smallest absolute Gasteiger partial charge is 0.266 e. The maximum atomic E-state index is 13.0. The predicted octanol–water partition coefficient (Wildman–Crippen LogP) is 4.00. The summed E-state index contributed by atoms with van der Waals surface area (Å²) in [5, 5.41) is 3.61. The van der Waals surface area contributed by atoms with Crippen LogP contribution in [0.3, 0.4) is 0 Å². The molecule has 0 aliphatic carbocycles. The summed E-state index contributed by atoms with van der Waals surface area (Å²) in [6, 6.07) is 11.3. The summed E-state index contributed by atoms with van der Waals surface area (Å²) in [5.74, 6) is 0.0982. The van der Waals surface area contributed by atoms with E-state index in [-0.39, 0.29) is 5.91 Å². The van der Waals surface area contributed by atoms with Crippen LogP contribution < -0.4 is 10.2 Å². The molecule has 0 spiro atoms. The monoisotopic (exact) mass is 411 g/mol. The number of aromatic nitrogens is 2. The Labute approximate surface area is 173 Å².